The summed E-state index contributed by atoms with van der Waals surface area (Å²) in [6, 6.07) is 3.50. The number of ether oxygens (including phenoxy) is 2. The van der Waals surface area contributed by atoms with E-state index < -0.39 is 21.8 Å². The minimum Gasteiger partial charge on any atom is -0.490 e. The van der Waals surface area contributed by atoms with Gasteiger partial charge in [-0.25, -0.2) is 8.42 Å². The fourth-order valence-corrected chi connectivity index (χ4v) is 2.23. The molecule has 0 saturated carbocycles. The van der Waals surface area contributed by atoms with Crippen molar-refractivity contribution < 1.29 is 31.1 Å². The van der Waals surface area contributed by atoms with Crippen molar-refractivity contribution in [2.24, 2.45) is 0 Å². The normalized spacial score (nSPS) is 12.4. The molecule has 0 aliphatic carbocycles. The SMILES string of the molecule is O=S(=O)(Cl)c1ccc(OCCOCC(F)(F)F)c(Cl)c1. The molecule has 0 fully saturated rings. The van der Waals surface area contributed by atoms with E-state index in [4.69, 9.17) is 27.0 Å². The fourth-order valence-electron chi connectivity index (χ4n) is 1.15. The third-order valence-corrected chi connectivity index (χ3v) is 3.58. The third kappa shape index (κ3) is 6.17. The summed E-state index contributed by atoms with van der Waals surface area (Å²) < 4.78 is 66.8. The van der Waals surface area contributed by atoms with E-state index in [1.165, 1.54) is 12.1 Å². The first-order chi connectivity index (χ1) is 9.09. The molecule has 0 spiro atoms. The Kier molecular flexibility index (Phi) is 5.93. The maximum atomic E-state index is 11.8. The van der Waals surface area contributed by atoms with Crippen LogP contribution >= 0.6 is 22.3 Å². The third-order valence-electron chi connectivity index (χ3n) is 1.94. The fraction of sp³-hybridized carbons (Fsp3) is 0.400. The highest BCUT2D eigenvalue weighted by Gasteiger charge is 2.27. The highest BCUT2D eigenvalue weighted by atomic mass is 35.7. The van der Waals surface area contributed by atoms with Crippen molar-refractivity contribution in [3.63, 3.8) is 0 Å². The lowest BCUT2D eigenvalue weighted by atomic mass is 10.3. The Bertz CT molecular complexity index is 560. The monoisotopic (exact) mass is 352 g/mol. The Balaban J connectivity index is 2.50. The van der Waals surface area contributed by atoms with Crippen molar-refractivity contribution in [1.82, 2.24) is 0 Å². The molecule has 20 heavy (non-hydrogen) atoms. The molecule has 0 aliphatic heterocycles. The van der Waals surface area contributed by atoms with Gasteiger partial charge in [-0.05, 0) is 18.2 Å². The lowest BCUT2D eigenvalue weighted by Gasteiger charge is -2.10. The Morgan fingerprint density at radius 1 is 1.20 bits per heavy atom. The van der Waals surface area contributed by atoms with Crippen molar-refractivity contribution in [3.8, 4) is 5.75 Å². The average Bonchev–Trinajstić information content (AvgIpc) is 2.27. The highest BCUT2D eigenvalue weighted by molar-refractivity contribution is 8.13. The lowest BCUT2D eigenvalue weighted by Crippen LogP contribution is -2.19. The number of alkyl halides is 3. The number of benzene rings is 1. The van der Waals surface area contributed by atoms with Crippen LogP contribution in [0.2, 0.25) is 5.02 Å². The maximum Gasteiger partial charge on any atom is 0.411 e. The van der Waals surface area contributed by atoms with Crippen LogP contribution < -0.4 is 4.74 Å². The molecule has 114 valence electrons. The van der Waals surface area contributed by atoms with Crippen molar-refractivity contribution in [2.45, 2.75) is 11.1 Å². The molecule has 0 aromatic heterocycles. The van der Waals surface area contributed by atoms with Crippen LogP contribution in [0.1, 0.15) is 0 Å². The van der Waals surface area contributed by atoms with E-state index in [-0.39, 0.29) is 28.9 Å². The number of hydrogen-bond donors (Lipinski definition) is 0. The minimum absolute atomic E-state index is 0.0254. The minimum atomic E-state index is -4.39. The molecule has 0 atom stereocenters. The Hall–Kier alpha value is -0.700. The molecule has 0 aliphatic rings. The Labute approximate surface area is 122 Å². The van der Waals surface area contributed by atoms with Crippen LogP contribution in [0.4, 0.5) is 13.2 Å². The van der Waals surface area contributed by atoms with Gasteiger partial charge >= 0.3 is 6.18 Å². The van der Waals surface area contributed by atoms with Gasteiger partial charge in [0.15, 0.2) is 0 Å². The molecular formula is C10H9Cl2F3O4S. The van der Waals surface area contributed by atoms with E-state index in [0.29, 0.717) is 0 Å². The first-order valence-corrected chi connectivity index (χ1v) is 7.80. The second kappa shape index (κ2) is 6.84. The van der Waals surface area contributed by atoms with Crippen LogP contribution in [-0.2, 0) is 13.8 Å². The van der Waals surface area contributed by atoms with Crippen LogP contribution in [0.5, 0.6) is 5.75 Å². The molecule has 10 heteroatoms. The predicted octanol–water partition coefficient (Wildman–Crippen LogP) is 3.23. The van der Waals surface area contributed by atoms with Crippen molar-refractivity contribution in [1.29, 1.82) is 0 Å². The largest absolute Gasteiger partial charge is 0.490 e. The summed E-state index contributed by atoms with van der Waals surface area (Å²) in [7, 11) is 1.21. The van der Waals surface area contributed by atoms with E-state index in [2.05, 4.69) is 4.74 Å². The van der Waals surface area contributed by atoms with E-state index in [9.17, 15) is 21.6 Å². The second-order valence-corrected chi connectivity index (χ2v) is 6.52. The summed E-state index contributed by atoms with van der Waals surface area (Å²) in [5.74, 6) is 0.117. The van der Waals surface area contributed by atoms with Crippen LogP contribution in [0, 0.1) is 0 Å². The summed E-state index contributed by atoms with van der Waals surface area (Å²) in [5, 5.41) is -0.0254. The van der Waals surface area contributed by atoms with Gasteiger partial charge in [0.25, 0.3) is 9.05 Å². The standard InChI is InChI=1S/C10H9Cl2F3O4S/c11-8-5-7(20(12,16)17)1-2-9(8)19-4-3-18-6-10(13,14)15/h1-2,5H,3-4,6H2. The first-order valence-electron chi connectivity index (χ1n) is 5.11. The Morgan fingerprint density at radius 3 is 2.35 bits per heavy atom. The van der Waals surface area contributed by atoms with Gasteiger partial charge in [0.1, 0.15) is 19.0 Å². The van der Waals surface area contributed by atoms with Crippen molar-refractivity contribution in [3.05, 3.63) is 23.2 Å². The predicted molar refractivity (Wildman–Crippen MR) is 66.9 cm³/mol. The van der Waals surface area contributed by atoms with E-state index in [0.717, 1.165) is 6.07 Å². The van der Waals surface area contributed by atoms with E-state index in [1.54, 1.807) is 0 Å². The molecule has 0 radical (unpaired) electrons. The van der Waals surface area contributed by atoms with Gasteiger partial charge in [0.2, 0.25) is 0 Å². The molecular weight excluding hydrogens is 344 g/mol. The summed E-state index contributed by atoms with van der Waals surface area (Å²) in [6.45, 7) is -1.82. The smallest absolute Gasteiger partial charge is 0.411 e. The summed E-state index contributed by atoms with van der Waals surface area (Å²) >= 11 is 5.75. The van der Waals surface area contributed by atoms with E-state index in [1.807, 2.05) is 0 Å². The van der Waals surface area contributed by atoms with E-state index >= 15 is 0 Å². The molecule has 0 bridgehead atoms. The quantitative estimate of drug-likeness (QED) is 0.582. The number of halogens is 5. The molecule has 0 unspecified atom stereocenters. The first kappa shape index (κ1) is 17.4. The molecule has 0 amide bonds. The summed E-state index contributed by atoms with van der Waals surface area (Å²) in [6.07, 6.45) is -4.39. The summed E-state index contributed by atoms with van der Waals surface area (Å²) in [4.78, 5) is -0.204. The zero-order valence-electron chi connectivity index (χ0n) is 9.78. The van der Waals surface area contributed by atoms with Crippen molar-refractivity contribution in [2.75, 3.05) is 19.8 Å². The van der Waals surface area contributed by atoms with Gasteiger partial charge in [-0.15, -0.1) is 0 Å². The Morgan fingerprint density at radius 2 is 1.85 bits per heavy atom. The molecule has 0 saturated heterocycles. The number of rotatable bonds is 6. The van der Waals surface area contributed by atoms with Gasteiger partial charge in [0.05, 0.1) is 16.5 Å². The zero-order valence-corrected chi connectivity index (χ0v) is 12.1. The van der Waals surface area contributed by atoms with Crippen LogP contribution in [0.3, 0.4) is 0 Å². The van der Waals surface area contributed by atoms with Crippen LogP contribution in [0.15, 0.2) is 23.1 Å². The lowest BCUT2D eigenvalue weighted by molar-refractivity contribution is -0.175. The van der Waals surface area contributed by atoms with Gasteiger partial charge in [-0.3, -0.25) is 0 Å². The molecule has 0 heterocycles. The number of hydrogen-bond acceptors (Lipinski definition) is 4. The van der Waals surface area contributed by atoms with Crippen LogP contribution in [0.25, 0.3) is 0 Å². The molecule has 0 N–H and O–H groups in total. The van der Waals surface area contributed by atoms with Gasteiger partial charge in [0, 0.05) is 10.7 Å². The summed E-state index contributed by atoms with van der Waals surface area (Å²) in [5.41, 5.74) is 0. The van der Waals surface area contributed by atoms with Gasteiger partial charge in [-0.2, -0.15) is 13.2 Å². The zero-order chi connectivity index (χ0) is 15.4. The van der Waals surface area contributed by atoms with Crippen molar-refractivity contribution >= 4 is 31.3 Å². The molecule has 1 rings (SSSR count). The average molecular weight is 353 g/mol. The second-order valence-electron chi connectivity index (χ2n) is 3.55. The molecule has 1 aromatic rings. The maximum absolute atomic E-state index is 11.8. The topological polar surface area (TPSA) is 52.6 Å². The molecule has 4 nitrogen and oxygen atoms in total. The van der Waals surface area contributed by atoms with Crippen LogP contribution in [-0.4, -0.2) is 34.4 Å². The van der Waals surface area contributed by atoms with Gasteiger partial charge < -0.3 is 9.47 Å². The highest BCUT2D eigenvalue weighted by Crippen LogP contribution is 2.28. The molecule has 1 aromatic carbocycles. The van der Waals surface area contributed by atoms with Gasteiger partial charge in [-0.1, -0.05) is 11.6 Å².